The van der Waals surface area contributed by atoms with Crippen LogP contribution in [0.4, 0.5) is 22.4 Å². The number of nitrogens with one attached hydrogen (secondary N) is 3. The molecule has 0 atom stereocenters. The molecular formula is C32H36N10O2. The molecule has 6 rings (SSSR count). The first-order valence-corrected chi connectivity index (χ1v) is 15.0. The molecule has 226 valence electrons. The topological polar surface area (TPSA) is 146 Å². The summed E-state index contributed by atoms with van der Waals surface area (Å²) in [6.07, 6.45) is 10.3. The number of nitrogens with zero attached hydrogens (tertiary/aromatic N) is 7. The van der Waals surface area contributed by atoms with E-state index in [0.717, 1.165) is 55.6 Å². The van der Waals surface area contributed by atoms with Gasteiger partial charge >= 0.3 is 6.03 Å². The van der Waals surface area contributed by atoms with Crippen LogP contribution in [-0.4, -0.2) is 62.6 Å². The monoisotopic (exact) mass is 592 g/mol. The molecule has 3 aromatic heterocycles. The number of hydrogen-bond donors (Lipinski definition) is 3. The number of urea groups is 1. The minimum Gasteiger partial charge on any atom is -0.381 e. The van der Waals surface area contributed by atoms with Crippen molar-refractivity contribution in [2.24, 2.45) is 13.0 Å². The van der Waals surface area contributed by atoms with E-state index in [0.29, 0.717) is 42.2 Å². The lowest BCUT2D eigenvalue weighted by Gasteiger charge is -2.36. The fourth-order valence-electron chi connectivity index (χ4n) is 5.56. The Morgan fingerprint density at radius 2 is 1.86 bits per heavy atom. The summed E-state index contributed by atoms with van der Waals surface area (Å²) in [6.45, 7) is 2.58. The quantitative estimate of drug-likeness (QED) is 0.245. The number of ether oxygens (including phenoxy) is 1. The van der Waals surface area contributed by atoms with Crippen LogP contribution in [0.2, 0.25) is 0 Å². The first-order valence-electron chi connectivity index (χ1n) is 15.0. The molecular weight excluding hydrogens is 556 g/mol. The van der Waals surface area contributed by atoms with Crippen molar-refractivity contribution >= 4 is 23.6 Å². The maximum atomic E-state index is 13.7. The predicted octanol–water partition coefficient (Wildman–Crippen LogP) is 4.34. The van der Waals surface area contributed by atoms with E-state index in [2.05, 4.69) is 37.1 Å². The van der Waals surface area contributed by atoms with Gasteiger partial charge in [0.25, 0.3) is 0 Å². The Hall–Kier alpha value is -5.02. The van der Waals surface area contributed by atoms with E-state index in [4.69, 9.17) is 9.72 Å². The summed E-state index contributed by atoms with van der Waals surface area (Å²) in [6, 6.07) is 15.9. The second kappa shape index (κ2) is 13.5. The van der Waals surface area contributed by atoms with Crippen LogP contribution in [0.25, 0.3) is 11.1 Å². The highest BCUT2D eigenvalue weighted by molar-refractivity contribution is 5.91. The molecule has 3 N–H and O–H groups in total. The molecule has 2 amide bonds. The molecule has 2 aliphatic rings. The summed E-state index contributed by atoms with van der Waals surface area (Å²) in [5.74, 6) is 2.07. The van der Waals surface area contributed by atoms with Gasteiger partial charge in [-0.2, -0.15) is 15.3 Å². The van der Waals surface area contributed by atoms with Crippen LogP contribution in [0.5, 0.6) is 0 Å². The molecule has 0 radical (unpaired) electrons. The number of amides is 2. The molecule has 44 heavy (non-hydrogen) atoms. The molecule has 12 heteroatoms. The van der Waals surface area contributed by atoms with Gasteiger partial charge in [-0.05, 0) is 43.4 Å². The lowest BCUT2D eigenvalue weighted by Crippen LogP contribution is -2.49. The highest BCUT2D eigenvalue weighted by atomic mass is 16.5. The van der Waals surface area contributed by atoms with Crippen molar-refractivity contribution in [2.45, 2.75) is 44.3 Å². The molecule has 12 nitrogen and oxygen atoms in total. The van der Waals surface area contributed by atoms with E-state index in [9.17, 15) is 10.1 Å². The van der Waals surface area contributed by atoms with Crippen LogP contribution >= 0.6 is 0 Å². The van der Waals surface area contributed by atoms with Gasteiger partial charge in [0, 0.05) is 61.7 Å². The zero-order valence-electron chi connectivity index (χ0n) is 24.7. The molecule has 1 aliphatic carbocycles. The number of hydrogen-bond acceptors (Lipinski definition) is 9. The van der Waals surface area contributed by atoms with Gasteiger partial charge in [0.05, 0.1) is 25.6 Å². The molecule has 4 aromatic rings. The van der Waals surface area contributed by atoms with Gasteiger partial charge in [-0.15, -0.1) is 0 Å². The third-order valence-electron chi connectivity index (χ3n) is 8.11. The maximum absolute atomic E-state index is 13.7. The highest BCUT2D eigenvalue weighted by Gasteiger charge is 2.31. The largest absolute Gasteiger partial charge is 0.381 e. The van der Waals surface area contributed by atoms with Crippen LogP contribution in [0, 0.1) is 17.2 Å². The Labute approximate surface area is 256 Å². The number of anilines is 3. The van der Waals surface area contributed by atoms with Gasteiger partial charge in [0.1, 0.15) is 23.3 Å². The molecule has 1 aromatic carbocycles. The van der Waals surface area contributed by atoms with E-state index in [1.165, 1.54) is 0 Å². The van der Waals surface area contributed by atoms with Crippen LogP contribution in [0.3, 0.4) is 0 Å². The second-order valence-corrected chi connectivity index (χ2v) is 11.3. The normalized spacial score (nSPS) is 18.1. The minimum atomic E-state index is -0.171. The Bertz CT molecular complexity index is 1590. The molecule has 0 unspecified atom stereocenters. The average molecular weight is 593 g/mol. The molecule has 1 saturated carbocycles. The summed E-state index contributed by atoms with van der Waals surface area (Å²) in [5, 5.41) is 23.6. The number of benzene rings is 1. The van der Waals surface area contributed by atoms with Crippen molar-refractivity contribution in [1.82, 2.24) is 30.0 Å². The zero-order valence-corrected chi connectivity index (χ0v) is 24.7. The average Bonchev–Trinajstić information content (AvgIpc) is 3.47. The van der Waals surface area contributed by atoms with Crippen molar-refractivity contribution in [3.8, 4) is 17.2 Å². The molecule has 4 heterocycles. The number of rotatable bonds is 10. The molecule has 0 bridgehead atoms. The van der Waals surface area contributed by atoms with Crippen molar-refractivity contribution < 1.29 is 9.53 Å². The SMILES string of the molecule is Cn1cc(-c2ccc(N(C(=O)NCc3ccccc3)C3CCC(Nc4ncc(C#N)c(NCC5COC5)n4)CC3)nc2)cn1. The van der Waals surface area contributed by atoms with Crippen LogP contribution in [-0.2, 0) is 18.3 Å². The first-order chi connectivity index (χ1) is 21.6. The zero-order chi connectivity index (χ0) is 30.3. The van der Waals surface area contributed by atoms with Gasteiger partial charge in [0.15, 0.2) is 0 Å². The third-order valence-corrected chi connectivity index (χ3v) is 8.11. The minimum absolute atomic E-state index is 0.0237. The number of pyridine rings is 1. The van der Waals surface area contributed by atoms with E-state index < -0.39 is 0 Å². The fourth-order valence-corrected chi connectivity index (χ4v) is 5.56. The summed E-state index contributed by atoms with van der Waals surface area (Å²) in [4.78, 5) is 29.2. The van der Waals surface area contributed by atoms with E-state index >= 15 is 0 Å². The van der Waals surface area contributed by atoms with Gasteiger partial charge in [0.2, 0.25) is 5.95 Å². The summed E-state index contributed by atoms with van der Waals surface area (Å²) in [5.41, 5.74) is 3.36. The Morgan fingerprint density at radius 3 is 2.52 bits per heavy atom. The van der Waals surface area contributed by atoms with Crippen molar-refractivity contribution in [3.05, 3.63) is 78.4 Å². The van der Waals surface area contributed by atoms with Gasteiger partial charge in [-0.1, -0.05) is 30.3 Å². The summed E-state index contributed by atoms with van der Waals surface area (Å²) >= 11 is 0. The van der Waals surface area contributed by atoms with Crippen molar-refractivity contribution in [1.29, 1.82) is 5.26 Å². The number of carbonyl (C=O) groups excluding carboxylic acids is 1. The lowest BCUT2D eigenvalue weighted by atomic mass is 9.90. The Balaban J connectivity index is 1.13. The molecule has 1 aliphatic heterocycles. The summed E-state index contributed by atoms with van der Waals surface area (Å²) < 4.78 is 7.00. The second-order valence-electron chi connectivity index (χ2n) is 11.3. The highest BCUT2D eigenvalue weighted by Crippen LogP contribution is 2.30. The molecule has 0 spiro atoms. The Morgan fingerprint density at radius 1 is 1.05 bits per heavy atom. The Kier molecular flexibility index (Phi) is 8.93. The first kappa shape index (κ1) is 29.1. The van der Waals surface area contributed by atoms with Gasteiger partial charge < -0.3 is 20.7 Å². The van der Waals surface area contributed by atoms with Gasteiger partial charge in [-0.25, -0.2) is 14.8 Å². The smallest absolute Gasteiger partial charge is 0.323 e. The van der Waals surface area contributed by atoms with E-state index in [1.54, 1.807) is 28.2 Å². The van der Waals surface area contributed by atoms with Crippen LogP contribution in [0.15, 0.2) is 67.3 Å². The van der Waals surface area contributed by atoms with E-state index in [-0.39, 0.29) is 18.1 Å². The number of carbonyl (C=O) groups is 1. The maximum Gasteiger partial charge on any atom is 0.323 e. The lowest BCUT2D eigenvalue weighted by molar-refractivity contribution is -0.0248. The number of aromatic nitrogens is 5. The van der Waals surface area contributed by atoms with Crippen LogP contribution in [0.1, 0.15) is 36.8 Å². The molecule has 2 fully saturated rings. The third kappa shape index (κ3) is 6.95. The number of aryl methyl sites for hydroxylation is 1. The van der Waals surface area contributed by atoms with Crippen LogP contribution < -0.4 is 20.9 Å². The van der Waals surface area contributed by atoms with Crippen molar-refractivity contribution in [3.63, 3.8) is 0 Å². The summed E-state index contributed by atoms with van der Waals surface area (Å²) in [7, 11) is 1.88. The molecule has 1 saturated heterocycles. The van der Waals surface area contributed by atoms with Crippen molar-refractivity contribution in [2.75, 3.05) is 35.3 Å². The standard InChI is InChI=1S/C32H36N10O2/c1-41-19-26(18-38-41)24-7-12-29(34-16-24)42(32(43)37-14-22-5-3-2-4-6-22)28-10-8-27(9-11-28)39-31-36-17-25(13-33)30(40-31)35-15-23-20-44-21-23/h2-7,12,16-19,23,27-28H,8-11,14-15,20-21H2,1H3,(H,37,43)(H2,35,36,39,40). The predicted molar refractivity (Wildman–Crippen MR) is 167 cm³/mol. The number of nitriles is 1. The fraction of sp³-hybridized carbons (Fsp3) is 0.375. The van der Waals surface area contributed by atoms with E-state index in [1.807, 2.05) is 55.7 Å². The van der Waals surface area contributed by atoms with Gasteiger partial charge in [-0.3, -0.25) is 9.58 Å².